The Hall–Kier alpha value is -3.91. The van der Waals surface area contributed by atoms with Gasteiger partial charge in [-0.15, -0.1) is 0 Å². The minimum Gasteiger partial charge on any atom is -0.339 e. The number of para-hydroxylation sites is 1. The van der Waals surface area contributed by atoms with E-state index in [0.717, 1.165) is 48.6 Å². The van der Waals surface area contributed by atoms with Crippen molar-refractivity contribution in [2.45, 2.75) is 39.5 Å². The molecule has 4 aromatic rings. The van der Waals surface area contributed by atoms with Crippen LogP contribution in [0.1, 0.15) is 64.4 Å². The first-order valence-electron chi connectivity index (χ1n) is 16.0. The van der Waals surface area contributed by atoms with Crippen molar-refractivity contribution in [1.29, 1.82) is 0 Å². The molecule has 5 rings (SSSR count). The zero-order valence-corrected chi connectivity index (χ0v) is 29.3. The molecule has 1 fully saturated rings. The molecule has 0 unspecified atom stereocenters. The van der Waals surface area contributed by atoms with Gasteiger partial charge in [-0.3, -0.25) is 9.59 Å². The summed E-state index contributed by atoms with van der Waals surface area (Å²) in [5.41, 5.74) is 4.64. The van der Waals surface area contributed by atoms with Crippen molar-refractivity contribution in [2.24, 2.45) is 5.41 Å². The first kappa shape index (κ1) is 34.4. The molecule has 0 radical (unpaired) electrons. The highest BCUT2D eigenvalue weighted by Gasteiger charge is 2.27. The second kappa shape index (κ2) is 14.9. The Balaban J connectivity index is 1.26. The Bertz CT molecular complexity index is 1700. The van der Waals surface area contributed by atoms with Gasteiger partial charge in [0.1, 0.15) is 5.82 Å². The number of benzene rings is 3. The number of aromatic nitrogens is 1. The number of halogens is 2. The van der Waals surface area contributed by atoms with Crippen LogP contribution in [0.4, 0.5) is 17.2 Å². The minimum atomic E-state index is -0.279. The van der Waals surface area contributed by atoms with Gasteiger partial charge in [-0.25, -0.2) is 4.98 Å². The van der Waals surface area contributed by atoms with Crippen LogP contribution < -0.4 is 10.2 Å². The molecule has 0 bridgehead atoms. The van der Waals surface area contributed by atoms with Gasteiger partial charge in [0, 0.05) is 49.3 Å². The number of aryl methyl sites for hydroxylation is 1. The lowest BCUT2D eigenvalue weighted by Gasteiger charge is -2.35. The SMILES string of the molecule is Cc1ccc(C(=O)N2CCC(c3ccc(Cl)c(Cl)c3)CC2)cc1NC(=O)c1ccc(N(CC(C)(C)CN(C)C)c2ccccc2)nc1. The van der Waals surface area contributed by atoms with Crippen LogP contribution >= 0.6 is 23.2 Å². The molecule has 0 aliphatic carbocycles. The van der Waals surface area contributed by atoms with E-state index >= 15 is 0 Å². The third kappa shape index (κ3) is 8.72. The highest BCUT2D eigenvalue weighted by Crippen LogP contribution is 2.33. The van der Waals surface area contributed by atoms with Crippen LogP contribution in [0, 0.1) is 12.3 Å². The third-order valence-electron chi connectivity index (χ3n) is 8.61. The average molecular weight is 673 g/mol. The van der Waals surface area contributed by atoms with Gasteiger partial charge in [0.15, 0.2) is 0 Å². The maximum atomic E-state index is 13.5. The van der Waals surface area contributed by atoms with E-state index < -0.39 is 0 Å². The van der Waals surface area contributed by atoms with E-state index in [4.69, 9.17) is 28.2 Å². The molecule has 1 aliphatic rings. The van der Waals surface area contributed by atoms with Gasteiger partial charge >= 0.3 is 0 Å². The van der Waals surface area contributed by atoms with Crippen LogP contribution in [0.2, 0.25) is 10.0 Å². The molecule has 1 aromatic heterocycles. The summed E-state index contributed by atoms with van der Waals surface area (Å²) < 4.78 is 0. The largest absolute Gasteiger partial charge is 0.339 e. The summed E-state index contributed by atoms with van der Waals surface area (Å²) in [4.78, 5) is 37.9. The number of carbonyl (C=O) groups is 2. The van der Waals surface area contributed by atoms with E-state index in [1.807, 2.05) is 66.4 Å². The zero-order chi connectivity index (χ0) is 33.7. The fraction of sp³-hybridized carbons (Fsp3) is 0.342. The summed E-state index contributed by atoms with van der Waals surface area (Å²) in [5, 5.41) is 4.11. The quantitative estimate of drug-likeness (QED) is 0.183. The first-order valence-corrected chi connectivity index (χ1v) is 16.8. The molecule has 0 saturated carbocycles. The summed E-state index contributed by atoms with van der Waals surface area (Å²) in [6.45, 7) is 9.35. The number of pyridine rings is 1. The van der Waals surface area contributed by atoms with Crippen molar-refractivity contribution in [3.8, 4) is 0 Å². The number of hydrogen-bond acceptors (Lipinski definition) is 5. The van der Waals surface area contributed by atoms with Crippen LogP contribution in [-0.4, -0.2) is 66.9 Å². The number of hydrogen-bond donors (Lipinski definition) is 1. The number of piperidine rings is 1. The Morgan fingerprint density at radius 2 is 1.60 bits per heavy atom. The molecule has 3 aromatic carbocycles. The predicted octanol–water partition coefficient (Wildman–Crippen LogP) is 8.69. The number of carbonyl (C=O) groups excluding carboxylic acids is 2. The lowest BCUT2D eigenvalue weighted by atomic mass is 9.89. The Labute approximate surface area is 288 Å². The third-order valence-corrected chi connectivity index (χ3v) is 9.35. The topological polar surface area (TPSA) is 68.8 Å². The van der Waals surface area contributed by atoms with E-state index in [1.54, 1.807) is 18.3 Å². The van der Waals surface area contributed by atoms with Gasteiger partial charge in [0.05, 0.1) is 15.6 Å². The van der Waals surface area contributed by atoms with Gasteiger partial charge in [0.25, 0.3) is 11.8 Å². The highest BCUT2D eigenvalue weighted by atomic mass is 35.5. The van der Waals surface area contributed by atoms with Gasteiger partial charge in [-0.1, -0.05) is 67.4 Å². The summed E-state index contributed by atoms with van der Waals surface area (Å²) in [6.07, 6.45) is 3.30. The van der Waals surface area contributed by atoms with E-state index in [0.29, 0.717) is 45.9 Å². The minimum absolute atomic E-state index is 0.0159. The second-order valence-corrected chi connectivity index (χ2v) is 14.3. The van der Waals surface area contributed by atoms with Crippen LogP contribution in [0.5, 0.6) is 0 Å². The average Bonchev–Trinajstić information content (AvgIpc) is 3.05. The molecule has 1 aliphatic heterocycles. The maximum absolute atomic E-state index is 13.5. The van der Waals surface area contributed by atoms with Crippen LogP contribution in [0.15, 0.2) is 85.1 Å². The molecular formula is C38H43Cl2N5O2. The number of anilines is 3. The number of nitrogens with one attached hydrogen (secondary N) is 1. The fourth-order valence-electron chi connectivity index (χ4n) is 6.38. The molecule has 9 heteroatoms. The summed E-state index contributed by atoms with van der Waals surface area (Å²) in [6, 6.07) is 25.1. The molecule has 246 valence electrons. The van der Waals surface area contributed by atoms with E-state index in [2.05, 4.69) is 55.2 Å². The number of nitrogens with zero attached hydrogens (tertiary/aromatic N) is 4. The molecular weight excluding hydrogens is 629 g/mol. The predicted molar refractivity (Wildman–Crippen MR) is 193 cm³/mol. The van der Waals surface area contributed by atoms with Crippen LogP contribution in [0.25, 0.3) is 0 Å². The van der Waals surface area contributed by atoms with Crippen molar-refractivity contribution in [1.82, 2.24) is 14.8 Å². The normalized spacial score (nSPS) is 13.9. The molecule has 0 spiro atoms. The van der Waals surface area contributed by atoms with Crippen molar-refractivity contribution in [2.75, 3.05) is 50.5 Å². The standard InChI is InChI=1S/C38H43Cl2N5O2/c1-26-11-12-29(37(47)44-19-17-27(18-20-44)28-13-15-32(39)33(40)21-28)22-34(26)42-36(46)30-14-16-35(41-23-30)45(31-9-7-6-8-10-31)25-38(2,3)24-43(4)5/h6-16,21-23,27H,17-20,24-25H2,1-5H3,(H,42,46). The fourth-order valence-corrected chi connectivity index (χ4v) is 6.68. The lowest BCUT2D eigenvalue weighted by molar-refractivity contribution is 0.0712. The van der Waals surface area contributed by atoms with Gasteiger partial charge in [0.2, 0.25) is 0 Å². The smallest absolute Gasteiger partial charge is 0.257 e. The number of amides is 2. The molecule has 47 heavy (non-hydrogen) atoms. The Morgan fingerprint density at radius 3 is 2.23 bits per heavy atom. The van der Waals surface area contributed by atoms with Crippen molar-refractivity contribution < 1.29 is 9.59 Å². The molecule has 2 heterocycles. The highest BCUT2D eigenvalue weighted by molar-refractivity contribution is 6.42. The summed E-state index contributed by atoms with van der Waals surface area (Å²) in [7, 11) is 4.16. The Kier molecular flexibility index (Phi) is 10.9. The second-order valence-electron chi connectivity index (χ2n) is 13.5. The first-order chi connectivity index (χ1) is 22.4. The lowest BCUT2D eigenvalue weighted by Crippen LogP contribution is -2.38. The molecule has 0 atom stereocenters. The van der Waals surface area contributed by atoms with E-state index in [1.165, 1.54) is 0 Å². The number of likely N-dealkylation sites (tertiary alicyclic amines) is 1. The van der Waals surface area contributed by atoms with Crippen LogP contribution in [-0.2, 0) is 0 Å². The molecule has 1 N–H and O–H groups in total. The van der Waals surface area contributed by atoms with Gasteiger partial charge < -0.3 is 20.0 Å². The van der Waals surface area contributed by atoms with Gasteiger partial charge in [-0.05, 0) is 105 Å². The zero-order valence-electron chi connectivity index (χ0n) is 27.8. The van der Waals surface area contributed by atoms with Crippen molar-refractivity contribution in [3.63, 3.8) is 0 Å². The molecule has 2 amide bonds. The summed E-state index contributed by atoms with van der Waals surface area (Å²) >= 11 is 12.3. The van der Waals surface area contributed by atoms with E-state index in [9.17, 15) is 9.59 Å². The van der Waals surface area contributed by atoms with Crippen LogP contribution in [0.3, 0.4) is 0 Å². The van der Waals surface area contributed by atoms with Crippen molar-refractivity contribution >= 4 is 52.2 Å². The molecule has 1 saturated heterocycles. The monoisotopic (exact) mass is 671 g/mol. The number of rotatable bonds is 10. The maximum Gasteiger partial charge on any atom is 0.257 e. The molecule has 7 nitrogen and oxygen atoms in total. The van der Waals surface area contributed by atoms with E-state index in [-0.39, 0.29) is 17.2 Å². The van der Waals surface area contributed by atoms with Gasteiger partial charge in [-0.2, -0.15) is 0 Å². The summed E-state index contributed by atoms with van der Waals surface area (Å²) in [5.74, 6) is 0.771. The Morgan fingerprint density at radius 1 is 0.894 bits per heavy atom. The van der Waals surface area contributed by atoms with Crippen molar-refractivity contribution in [3.05, 3.63) is 117 Å².